The molecule has 0 amide bonds. The number of nitrogens with zero attached hydrogens (tertiary/aromatic N) is 1. The van der Waals surface area contributed by atoms with Crippen molar-refractivity contribution in [1.82, 2.24) is 4.98 Å². The van der Waals surface area contributed by atoms with Gasteiger partial charge in [0.1, 0.15) is 5.75 Å². The van der Waals surface area contributed by atoms with Crippen molar-refractivity contribution in [1.29, 1.82) is 0 Å². The summed E-state index contributed by atoms with van der Waals surface area (Å²) in [5.41, 5.74) is 3.33. The van der Waals surface area contributed by atoms with Crippen molar-refractivity contribution >= 4 is 0 Å². The smallest absolute Gasteiger partial charge is 0.219 e. The van der Waals surface area contributed by atoms with Crippen molar-refractivity contribution in [2.75, 3.05) is 0 Å². The van der Waals surface area contributed by atoms with Gasteiger partial charge in [-0.1, -0.05) is 19.9 Å². The van der Waals surface area contributed by atoms with Crippen molar-refractivity contribution < 1.29 is 9.84 Å². The highest BCUT2D eigenvalue weighted by Gasteiger charge is 2.06. The van der Waals surface area contributed by atoms with Crippen LogP contribution in [0.1, 0.15) is 49.5 Å². The molecule has 0 unspecified atom stereocenters. The summed E-state index contributed by atoms with van der Waals surface area (Å²) >= 11 is 0. The van der Waals surface area contributed by atoms with E-state index in [0.29, 0.717) is 11.8 Å². The lowest BCUT2D eigenvalue weighted by Gasteiger charge is -2.12. The summed E-state index contributed by atoms with van der Waals surface area (Å²) in [5.74, 6) is 1.82. The molecule has 1 heterocycles. The Morgan fingerprint density at radius 3 is 2.35 bits per heavy atom. The molecular formula is C17H21NO2. The third-order valence-electron chi connectivity index (χ3n) is 3.33. The molecule has 3 nitrogen and oxygen atoms in total. The molecule has 2 rings (SSSR count). The molecule has 0 bridgehead atoms. The quantitative estimate of drug-likeness (QED) is 0.898. The molecule has 2 aromatic rings. The Morgan fingerprint density at radius 1 is 1.10 bits per heavy atom. The Balaban J connectivity index is 2.15. The van der Waals surface area contributed by atoms with Gasteiger partial charge in [-0.2, -0.15) is 0 Å². The lowest BCUT2D eigenvalue weighted by Crippen LogP contribution is -1.95. The lowest BCUT2D eigenvalue weighted by atomic mass is 9.98. The number of aliphatic hydroxyl groups is 1. The van der Waals surface area contributed by atoms with E-state index in [2.05, 4.69) is 31.8 Å². The van der Waals surface area contributed by atoms with Crippen LogP contribution in [0, 0.1) is 6.92 Å². The van der Waals surface area contributed by atoms with E-state index in [1.165, 1.54) is 11.1 Å². The van der Waals surface area contributed by atoms with E-state index in [1.54, 1.807) is 19.2 Å². The van der Waals surface area contributed by atoms with Crippen LogP contribution in [-0.2, 0) is 0 Å². The van der Waals surface area contributed by atoms with Crippen molar-refractivity contribution in [3.05, 3.63) is 53.2 Å². The number of rotatable bonds is 4. The van der Waals surface area contributed by atoms with Gasteiger partial charge in [-0.15, -0.1) is 0 Å². The normalized spacial score (nSPS) is 12.5. The molecule has 0 saturated heterocycles. The van der Waals surface area contributed by atoms with Crippen LogP contribution < -0.4 is 4.74 Å². The molecule has 0 fully saturated rings. The van der Waals surface area contributed by atoms with E-state index in [4.69, 9.17) is 4.74 Å². The predicted octanol–water partition coefficient (Wildman–Crippen LogP) is 4.36. The van der Waals surface area contributed by atoms with E-state index in [-0.39, 0.29) is 0 Å². The van der Waals surface area contributed by atoms with E-state index in [1.807, 2.05) is 18.2 Å². The third kappa shape index (κ3) is 3.36. The topological polar surface area (TPSA) is 42.4 Å². The average molecular weight is 271 g/mol. The molecular weight excluding hydrogens is 250 g/mol. The molecule has 0 aliphatic rings. The van der Waals surface area contributed by atoms with Crippen LogP contribution >= 0.6 is 0 Å². The number of hydrogen-bond donors (Lipinski definition) is 1. The lowest BCUT2D eigenvalue weighted by molar-refractivity contribution is 0.198. The molecule has 0 aliphatic carbocycles. The Labute approximate surface area is 120 Å². The molecule has 0 aliphatic heterocycles. The Hall–Kier alpha value is -1.87. The van der Waals surface area contributed by atoms with Crippen LogP contribution in [-0.4, -0.2) is 10.1 Å². The largest absolute Gasteiger partial charge is 0.439 e. The minimum absolute atomic E-state index is 0.507. The second-order valence-electron chi connectivity index (χ2n) is 5.38. The van der Waals surface area contributed by atoms with Gasteiger partial charge in [0, 0.05) is 12.3 Å². The SMILES string of the molecule is Cc1cc(Oc2ccc([C@@H](C)O)cn2)ccc1C(C)C. The van der Waals surface area contributed by atoms with E-state index in [0.717, 1.165) is 11.3 Å². The molecule has 1 N–H and O–H groups in total. The molecule has 3 heteroatoms. The standard InChI is InChI=1S/C17H21NO2/c1-11(2)16-7-6-15(9-12(16)3)20-17-8-5-14(10-18-17)13(4)19/h5-11,13,19H,1-4H3/t13-/m1/s1. The summed E-state index contributed by atoms with van der Waals surface area (Å²) in [6, 6.07) is 9.68. The summed E-state index contributed by atoms with van der Waals surface area (Å²) in [4.78, 5) is 4.20. The van der Waals surface area contributed by atoms with Crippen LogP contribution in [0.15, 0.2) is 36.5 Å². The predicted molar refractivity (Wildman–Crippen MR) is 80.2 cm³/mol. The van der Waals surface area contributed by atoms with Gasteiger partial charge in [-0.05, 0) is 54.7 Å². The van der Waals surface area contributed by atoms with Gasteiger partial charge in [0.2, 0.25) is 5.88 Å². The van der Waals surface area contributed by atoms with Gasteiger partial charge in [0.15, 0.2) is 0 Å². The summed E-state index contributed by atoms with van der Waals surface area (Å²) in [6.45, 7) is 8.16. The molecule has 0 radical (unpaired) electrons. The number of aryl methyl sites for hydroxylation is 1. The molecule has 1 aromatic heterocycles. The van der Waals surface area contributed by atoms with E-state index < -0.39 is 6.10 Å². The Bertz CT molecular complexity index is 574. The van der Waals surface area contributed by atoms with Crippen LogP contribution in [0.2, 0.25) is 0 Å². The van der Waals surface area contributed by atoms with Gasteiger partial charge < -0.3 is 9.84 Å². The third-order valence-corrected chi connectivity index (χ3v) is 3.33. The minimum atomic E-state index is -0.510. The maximum absolute atomic E-state index is 9.44. The monoisotopic (exact) mass is 271 g/mol. The maximum Gasteiger partial charge on any atom is 0.219 e. The van der Waals surface area contributed by atoms with Crippen LogP contribution in [0.5, 0.6) is 11.6 Å². The number of pyridine rings is 1. The Kier molecular flexibility index (Phi) is 4.40. The molecule has 1 atom stereocenters. The zero-order valence-corrected chi connectivity index (χ0v) is 12.4. The Morgan fingerprint density at radius 2 is 1.85 bits per heavy atom. The van der Waals surface area contributed by atoms with Crippen molar-refractivity contribution in [3.63, 3.8) is 0 Å². The number of ether oxygens (including phenoxy) is 1. The van der Waals surface area contributed by atoms with Crippen LogP contribution in [0.25, 0.3) is 0 Å². The number of benzene rings is 1. The van der Waals surface area contributed by atoms with Gasteiger partial charge >= 0.3 is 0 Å². The first-order chi connectivity index (χ1) is 9.47. The van der Waals surface area contributed by atoms with Crippen molar-refractivity contribution in [2.24, 2.45) is 0 Å². The van der Waals surface area contributed by atoms with Crippen LogP contribution in [0.4, 0.5) is 0 Å². The second-order valence-corrected chi connectivity index (χ2v) is 5.38. The summed E-state index contributed by atoms with van der Waals surface area (Å²) in [6.07, 6.45) is 1.12. The summed E-state index contributed by atoms with van der Waals surface area (Å²) in [5, 5.41) is 9.44. The molecule has 1 aromatic carbocycles. The number of hydrogen-bond acceptors (Lipinski definition) is 3. The summed E-state index contributed by atoms with van der Waals surface area (Å²) in [7, 11) is 0. The van der Waals surface area contributed by atoms with Gasteiger partial charge in [-0.3, -0.25) is 0 Å². The highest BCUT2D eigenvalue weighted by molar-refractivity contribution is 5.38. The highest BCUT2D eigenvalue weighted by Crippen LogP contribution is 2.26. The van der Waals surface area contributed by atoms with E-state index in [9.17, 15) is 5.11 Å². The summed E-state index contributed by atoms with van der Waals surface area (Å²) < 4.78 is 5.74. The first-order valence-corrected chi connectivity index (χ1v) is 6.90. The van der Waals surface area contributed by atoms with Crippen LogP contribution in [0.3, 0.4) is 0 Å². The fourth-order valence-electron chi connectivity index (χ4n) is 2.18. The zero-order valence-electron chi connectivity index (χ0n) is 12.4. The minimum Gasteiger partial charge on any atom is -0.439 e. The van der Waals surface area contributed by atoms with Gasteiger partial charge in [0.05, 0.1) is 6.10 Å². The van der Waals surface area contributed by atoms with Crippen molar-refractivity contribution in [2.45, 2.75) is 39.7 Å². The van der Waals surface area contributed by atoms with Crippen molar-refractivity contribution in [3.8, 4) is 11.6 Å². The fraction of sp³-hybridized carbons (Fsp3) is 0.353. The average Bonchev–Trinajstić information content (AvgIpc) is 2.39. The first kappa shape index (κ1) is 14.5. The highest BCUT2D eigenvalue weighted by atomic mass is 16.5. The maximum atomic E-state index is 9.44. The van der Waals surface area contributed by atoms with E-state index >= 15 is 0 Å². The molecule has 0 spiro atoms. The molecule has 106 valence electrons. The fourth-order valence-corrected chi connectivity index (χ4v) is 2.18. The first-order valence-electron chi connectivity index (χ1n) is 6.90. The number of aromatic nitrogens is 1. The van der Waals surface area contributed by atoms with Gasteiger partial charge in [-0.25, -0.2) is 4.98 Å². The zero-order chi connectivity index (χ0) is 14.7. The number of aliphatic hydroxyl groups excluding tert-OH is 1. The molecule has 0 saturated carbocycles. The second kappa shape index (κ2) is 6.06. The van der Waals surface area contributed by atoms with Gasteiger partial charge in [0.25, 0.3) is 0 Å². The molecule has 20 heavy (non-hydrogen) atoms.